The first-order valence-electron chi connectivity index (χ1n) is 4.34. The lowest BCUT2D eigenvalue weighted by Gasteiger charge is -2.15. The molecule has 0 fully saturated rings. The van der Waals surface area contributed by atoms with E-state index in [1.165, 1.54) is 11.5 Å². The van der Waals surface area contributed by atoms with Crippen molar-refractivity contribution in [3.63, 3.8) is 0 Å². The number of aromatic nitrogens is 2. The molecule has 0 aliphatic rings. The summed E-state index contributed by atoms with van der Waals surface area (Å²) in [6.07, 6.45) is 0.200. The summed E-state index contributed by atoms with van der Waals surface area (Å²) < 4.78 is 25.9. The molecule has 0 aliphatic carbocycles. The Balaban J connectivity index is 2.64. The Morgan fingerprint density at radius 3 is 2.50 bits per heavy atom. The van der Waals surface area contributed by atoms with Gasteiger partial charge in [0.15, 0.2) is 0 Å². The zero-order chi connectivity index (χ0) is 10.4. The molecule has 1 aromatic rings. The van der Waals surface area contributed by atoms with Gasteiger partial charge >= 0.3 is 7.60 Å². The molecule has 0 unspecified atom stereocenters. The minimum atomic E-state index is -3.00. The van der Waals surface area contributed by atoms with Gasteiger partial charge in [0, 0.05) is 5.38 Å². The molecule has 0 radical (unpaired) electrons. The summed E-state index contributed by atoms with van der Waals surface area (Å²) in [5, 5.41) is 5.54. The molecule has 80 valence electrons. The molecule has 0 saturated heterocycles. The van der Waals surface area contributed by atoms with Gasteiger partial charge < -0.3 is 9.05 Å². The molecule has 0 aromatic carbocycles. The highest BCUT2D eigenvalue weighted by molar-refractivity contribution is 7.53. The summed E-state index contributed by atoms with van der Waals surface area (Å²) in [6.45, 7) is 4.31. The van der Waals surface area contributed by atoms with Crippen molar-refractivity contribution in [3.8, 4) is 0 Å². The topological polar surface area (TPSA) is 61.3 Å². The third kappa shape index (κ3) is 3.46. The molecule has 0 aliphatic heterocycles. The lowest BCUT2D eigenvalue weighted by atomic mass is 10.6. The summed E-state index contributed by atoms with van der Waals surface area (Å²) in [5.74, 6) is 0. The van der Waals surface area contributed by atoms with E-state index in [-0.39, 0.29) is 6.16 Å². The van der Waals surface area contributed by atoms with Crippen LogP contribution in [0, 0.1) is 0 Å². The average Bonchev–Trinajstić information content (AvgIpc) is 2.57. The number of nitrogens with zero attached hydrogens (tertiary/aromatic N) is 2. The summed E-state index contributed by atoms with van der Waals surface area (Å²) in [7, 11) is -3.00. The second-order valence-corrected chi connectivity index (χ2v) is 5.17. The summed E-state index contributed by atoms with van der Waals surface area (Å²) in [4.78, 5) is 0. The standard InChI is InChI=1S/C7H13N2O3PS/c1-3-11-13(10,12-4-2)5-7-6-14-9-8-7/h6H,3-5H2,1-2H3. The van der Waals surface area contributed by atoms with Crippen LogP contribution in [0.5, 0.6) is 0 Å². The first-order valence-corrected chi connectivity index (χ1v) is 6.90. The molecule has 7 heteroatoms. The van der Waals surface area contributed by atoms with Crippen molar-refractivity contribution >= 4 is 19.1 Å². The van der Waals surface area contributed by atoms with Gasteiger partial charge in [-0.1, -0.05) is 4.49 Å². The van der Waals surface area contributed by atoms with Crippen molar-refractivity contribution in [2.24, 2.45) is 0 Å². The van der Waals surface area contributed by atoms with Gasteiger partial charge in [0.1, 0.15) is 0 Å². The van der Waals surface area contributed by atoms with Gasteiger partial charge in [-0.25, -0.2) is 0 Å². The van der Waals surface area contributed by atoms with E-state index in [1.807, 2.05) is 0 Å². The highest BCUT2D eigenvalue weighted by atomic mass is 32.1. The Labute approximate surface area is 87.1 Å². The van der Waals surface area contributed by atoms with Crippen molar-refractivity contribution in [1.82, 2.24) is 9.59 Å². The van der Waals surface area contributed by atoms with Gasteiger partial charge in [-0.3, -0.25) is 4.57 Å². The van der Waals surface area contributed by atoms with Crippen molar-refractivity contribution in [2.45, 2.75) is 20.0 Å². The highest BCUT2D eigenvalue weighted by Gasteiger charge is 2.25. The predicted octanol–water partition coefficient (Wildman–Crippen LogP) is 2.30. The molecule has 0 atom stereocenters. The van der Waals surface area contributed by atoms with E-state index in [4.69, 9.17) is 9.05 Å². The van der Waals surface area contributed by atoms with E-state index >= 15 is 0 Å². The molecule has 1 aromatic heterocycles. The fourth-order valence-corrected chi connectivity index (χ4v) is 3.14. The Morgan fingerprint density at radius 2 is 2.07 bits per heavy atom. The number of hydrogen-bond donors (Lipinski definition) is 0. The molecule has 0 bridgehead atoms. The molecular formula is C7H13N2O3PS. The zero-order valence-electron chi connectivity index (χ0n) is 8.17. The van der Waals surface area contributed by atoms with Crippen LogP contribution >= 0.6 is 19.1 Å². The maximum atomic E-state index is 12.0. The first-order chi connectivity index (χ1) is 6.70. The van der Waals surface area contributed by atoms with E-state index in [9.17, 15) is 4.57 Å². The van der Waals surface area contributed by atoms with Crippen LogP contribution in [0.3, 0.4) is 0 Å². The molecule has 1 heterocycles. The maximum Gasteiger partial charge on any atom is 0.336 e. The monoisotopic (exact) mass is 236 g/mol. The van der Waals surface area contributed by atoms with Crippen LogP contribution in [0.1, 0.15) is 19.5 Å². The lowest BCUT2D eigenvalue weighted by Crippen LogP contribution is -1.99. The lowest BCUT2D eigenvalue weighted by molar-refractivity contribution is 0.219. The third-order valence-corrected chi connectivity index (χ3v) is 3.98. The van der Waals surface area contributed by atoms with Gasteiger partial charge in [-0.2, -0.15) is 0 Å². The van der Waals surface area contributed by atoms with E-state index < -0.39 is 7.60 Å². The molecule has 5 nitrogen and oxygen atoms in total. The Morgan fingerprint density at radius 1 is 1.43 bits per heavy atom. The second-order valence-electron chi connectivity index (χ2n) is 2.50. The number of hydrogen-bond acceptors (Lipinski definition) is 6. The molecule has 0 N–H and O–H groups in total. The summed E-state index contributed by atoms with van der Waals surface area (Å²) >= 11 is 1.22. The normalized spacial score (nSPS) is 11.9. The van der Waals surface area contributed by atoms with Gasteiger partial charge in [0.05, 0.1) is 25.1 Å². The van der Waals surface area contributed by atoms with Crippen molar-refractivity contribution in [3.05, 3.63) is 11.1 Å². The van der Waals surface area contributed by atoms with Gasteiger partial charge in [0.25, 0.3) is 0 Å². The van der Waals surface area contributed by atoms with Crippen LogP contribution in [0.25, 0.3) is 0 Å². The van der Waals surface area contributed by atoms with Crippen LogP contribution in [0.2, 0.25) is 0 Å². The predicted molar refractivity (Wildman–Crippen MR) is 54.5 cm³/mol. The average molecular weight is 236 g/mol. The van der Waals surface area contributed by atoms with Gasteiger partial charge in [0.2, 0.25) is 0 Å². The fourth-order valence-electron chi connectivity index (χ4n) is 0.973. The van der Waals surface area contributed by atoms with E-state index in [2.05, 4.69) is 9.59 Å². The first kappa shape index (κ1) is 11.8. The third-order valence-electron chi connectivity index (χ3n) is 1.41. The Bertz CT molecular complexity index is 294. The Hall–Kier alpha value is -0.290. The van der Waals surface area contributed by atoms with Crippen molar-refractivity contribution in [1.29, 1.82) is 0 Å². The summed E-state index contributed by atoms with van der Waals surface area (Å²) in [5.41, 5.74) is 0.653. The smallest absolute Gasteiger partial charge is 0.309 e. The van der Waals surface area contributed by atoms with Crippen LogP contribution in [0.15, 0.2) is 5.38 Å². The maximum absolute atomic E-state index is 12.0. The van der Waals surface area contributed by atoms with Crippen LogP contribution in [-0.2, 0) is 19.8 Å². The highest BCUT2D eigenvalue weighted by Crippen LogP contribution is 2.50. The van der Waals surface area contributed by atoms with E-state index in [0.29, 0.717) is 18.9 Å². The molecule has 0 amide bonds. The molecule has 0 saturated carbocycles. The van der Waals surface area contributed by atoms with Crippen molar-refractivity contribution < 1.29 is 13.6 Å². The van der Waals surface area contributed by atoms with Gasteiger partial charge in [-0.15, -0.1) is 5.10 Å². The molecular weight excluding hydrogens is 223 g/mol. The van der Waals surface area contributed by atoms with Crippen molar-refractivity contribution in [2.75, 3.05) is 13.2 Å². The van der Waals surface area contributed by atoms with Crippen LogP contribution in [0.4, 0.5) is 0 Å². The summed E-state index contributed by atoms with van der Waals surface area (Å²) in [6, 6.07) is 0. The van der Waals surface area contributed by atoms with E-state index in [0.717, 1.165) is 0 Å². The fraction of sp³-hybridized carbons (Fsp3) is 0.714. The molecule has 0 spiro atoms. The largest absolute Gasteiger partial charge is 0.336 e. The van der Waals surface area contributed by atoms with Crippen LogP contribution in [-0.4, -0.2) is 22.8 Å². The van der Waals surface area contributed by atoms with Gasteiger partial charge in [-0.05, 0) is 25.4 Å². The number of rotatable bonds is 6. The zero-order valence-corrected chi connectivity index (χ0v) is 9.88. The SMILES string of the molecule is CCOP(=O)(Cc1csnn1)OCC. The minimum absolute atomic E-state index is 0.200. The minimum Gasteiger partial charge on any atom is -0.309 e. The second kappa shape index (κ2) is 5.56. The van der Waals surface area contributed by atoms with Crippen LogP contribution < -0.4 is 0 Å². The Kier molecular flexibility index (Phi) is 4.68. The quantitative estimate of drug-likeness (QED) is 0.709. The van der Waals surface area contributed by atoms with E-state index in [1.54, 1.807) is 19.2 Å². The molecule has 1 rings (SSSR count). The molecule has 14 heavy (non-hydrogen) atoms.